The summed E-state index contributed by atoms with van der Waals surface area (Å²) in [7, 11) is 0. The summed E-state index contributed by atoms with van der Waals surface area (Å²) in [6.07, 6.45) is 5.74. The number of hydrogen-bond donors (Lipinski definition) is 1. The molecule has 1 aliphatic carbocycles. The Hall–Kier alpha value is -0.300. The molecule has 0 amide bonds. The van der Waals surface area contributed by atoms with Crippen molar-refractivity contribution in [3.63, 3.8) is 0 Å². The third-order valence-corrected chi connectivity index (χ3v) is 3.23. The SMILES string of the molecule is C=CCCC(C)NCC1CC1(C)C. The van der Waals surface area contributed by atoms with Crippen LogP contribution in [0.15, 0.2) is 12.7 Å². The highest BCUT2D eigenvalue weighted by atomic mass is 14.9. The molecule has 2 atom stereocenters. The largest absolute Gasteiger partial charge is 0.314 e. The summed E-state index contributed by atoms with van der Waals surface area (Å²) >= 11 is 0. The van der Waals surface area contributed by atoms with Crippen LogP contribution in [0.5, 0.6) is 0 Å². The number of nitrogens with one attached hydrogen (secondary N) is 1. The molecule has 1 fully saturated rings. The molecule has 0 aromatic rings. The molecule has 0 bridgehead atoms. The predicted molar refractivity (Wildman–Crippen MR) is 58.8 cm³/mol. The first-order valence-electron chi connectivity index (χ1n) is 5.40. The Kier molecular flexibility index (Phi) is 3.55. The van der Waals surface area contributed by atoms with Crippen molar-refractivity contribution in [3.05, 3.63) is 12.7 Å². The van der Waals surface area contributed by atoms with Crippen molar-refractivity contribution in [1.82, 2.24) is 5.32 Å². The fourth-order valence-electron chi connectivity index (χ4n) is 1.74. The van der Waals surface area contributed by atoms with Crippen LogP contribution in [0.1, 0.15) is 40.0 Å². The Morgan fingerprint density at radius 1 is 1.62 bits per heavy atom. The Morgan fingerprint density at radius 2 is 2.23 bits per heavy atom. The normalized spacial score (nSPS) is 26.8. The number of allylic oxidation sites excluding steroid dienone is 1. The zero-order chi connectivity index (χ0) is 9.90. The van der Waals surface area contributed by atoms with Crippen LogP contribution in [0.25, 0.3) is 0 Å². The Bertz CT molecular complexity index is 172. The summed E-state index contributed by atoms with van der Waals surface area (Å²) in [6, 6.07) is 0.648. The van der Waals surface area contributed by atoms with Gasteiger partial charge in [0.25, 0.3) is 0 Å². The summed E-state index contributed by atoms with van der Waals surface area (Å²) in [5.41, 5.74) is 0.616. The molecule has 0 aromatic heterocycles. The predicted octanol–water partition coefficient (Wildman–Crippen LogP) is 2.98. The van der Waals surface area contributed by atoms with Gasteiger partial charge in [-0.15, -0.1) is 6.58 Å². The van der Waals surface area contributed by atoms with E-state index in [1.165, 1.54) is 19.4 Å². The first-order valence-corrected chi connectivity index (χ1v) is 5.40. The van der Waals surface area contributed by atoms with E-state index in [0.717, 1.165) is 12.3 Å². The van der Waals surface area contributed by atoms with E-state index in [1.54, 1.807) is 0 Å². The van der Waals surface area contributed by atoms with Crippen LogP contribution < -0.4 is 5.32 Å². The van der Waals surface area contributed by atoms with E-state index in [9.17, 15) is 0 Å². The maximum absolute atomic E-state index is 3.74. The van der Waals surface area contributed by atoms with Gasteiger partial charge in [0.1, 0.15) is 0 Å². The molecule has 1 aliphatic rings. The first-order chi connectivity index (χ1) is 6.06. The smallest absolute Gasteiger partial charge is 0.00417 e. The van der Waals surface area contributed by atoms with Crippen molar-refractivity contribution in [2.24, 2.45) is 11.3 Å². The van der Waals surface area contributed by atoms with Gasteiger partial charge in [0, 0.05) is 6.04 Å². The van der Waals surface area contributed by atoms with Crippen LogP contribution in [-0.4, -0.2) is 12.6 Å². The van der Waals surface area contributed by atoms with Crippen molar-refractivity contribution in [3.8, 4) is 0 Å². The summed E-state index contributed by atoms with van der Waals surface area (Å²) in [6.45, 7) is 11.9. The Morgan fingerprint density at radius 3 is 2.69 bits per heavy atom. The van der Waals surface area contributed by atoms with Gasteiger partial charge in [-0.25, -0.2) is 0 Å². The lowest BCUT2D eigenvalue weighted by atomic mass is 10.1. The van der Waals surface area contributed by atoms with Gasteiger partial charge >= 0.3 is 0 Å². The maximum Gasteiger partial charge on any atom is 0.00417 e. The minimum Gasteiger partial charge on any atom is -0.314 e. The highest BCUT2D eigenvalue weighted by Gasteiger charge is 2.44. The summed E-state index contributed by atoms with van der Waals surface area (Å²) in [4.78, 5) is 0. The van der Waals surface area contributed by atoms with E-state index in [1.807, 2.05) is 6.08 Å². The highest BCUT2D eigenvalue weighted by Crippen LogP contribution is 2.51. The van der Waals surface area contributed by atoms with E-state index in [-0.39, 0.29) is 0 Å². The molecular formula is C12H23N. The minimum absolute atomic E-state index is 0.616. The fourth-order valence-corrected chi connectivity index (χ4v) is 1.74. The molecular weight excluding hydrogens is 158 g/mol. The average Bonchev–Trinajstić information content (AvgIpc) is 2.67. The molecule has 0 heterocycles. The molecule has 0 saturated heterocycles. The Balaban J connectivity index is 2.03. The van der Waals surface area contributed by atoms with Crippen molar-refractivity contribution in [1.29, 1.82) is 0 Å². The molecule has 0 radical (unpaired) electrons. The third kappa shape index (κ3) is 3.51. The lowest BCUT2D eigenvalue weighted by molar-refractivity contribution is 0.462. The highest BCUT2D eigenvalue weighted by molar-refractivity contribution is 4.96. The molecule has 1 rings (SSSR count). The van der Waals surface area contributed by atoms with E-state index in [0.29, 0.717) is 11.5 Å². The van der Waals surface area contributed by atoms with Gasteiger partial charge in [0.2, 0.25) is 0 Å². The second kappa shape index (κ2) is 4.28. The van der Waals surface area contributed by atoms with Crippen LogP contribution in [0.4, 0.5) is 0 Å². The monoisotopic (exact) mass is 181 g/mol. The van der Waals surface area contributed by atoms with Crippen LogP contribution in [0, 0.1) is 11.3 Å². The van der Waals surface area contributed by atoms with Crippen LogP contribution in [0.3, 0.4) is 0 Å². The second-order valence-electron chi connectivity index (χ2n) is 5.06. The van der Waals surface area contributed by atoms with Gasteiger partial charge in [-0.1, -0.05) is 19.9 Å². The zero-order valence-electron chi connectivity index (χ0n) is 9.27. The second-order valence-corrected chi connectivity index (χ2v) is 5.06. The number of hydrogen-bond acceptors (Lipinski definition) is 1. The van der Waals surface area contributed by atoms with Crippen molar-refractivity contribution in [2.45, 2.75) is 46.1 Å². The third-order valence-electron chi connectivity index (χ3n) is 3.23. The quantitative estimate of drug-likeness (QED) is 0.621. The fraction of sp³-hybridized carbons (Fsp3) is 0.833. The van der Waals surface area contributed by atoms with Crippen molar-refractivity contribution < 1.29 is 0 Å². The summed E-state index contributed by atoms with van der Waals surface area (Å²) in [5, 5.41) is 3.59. The van der Waals surface area contributed by atoms with E-state index < -0.39 is 0 Å². The van der Waals surface area contributed by atoms with Gasteiger partial charge < -0.3 is 5.32 Å². The molecule has 2 unspecified atom stereocenters. The molecule has 1 heteroatoms. The van der Waals surface area contributed by atoms with E-state index in [2.05, 4.69) is 32.7 Å². The van der Waals surface area contributed by atoms with Gasteiger partial charge in [-0.3, -0.25) is 0 Å². The van der Waals surface area contributed by atoms with Crippen LogP contribution >= 0.6 is 0 Å². The topological polar surface area (TPSA) is 12.0 Å². The molecule has 1 nitrogen and oxygen atoms in total. The van der Waals surface area contributed by atoms with Crippen LogP contribution in [-0.2, 0) is 0 Å². The molecule has 0 aromatic carbocycles. The number of rotatable bonds is 6. The van der Waals surface area contributed by atoms with Crippen molar-refractivity contribution in [2.75, 3.05) is 6.54 Å². The standard InChI is InChI=1S/C12H23N/c1-5-6-7-10(2)13-9-11-8-12(11,3)4/h5,10-11,13H,1,6-9H2,2-4H3. The molecule has 1 N–H and O–H groups in total. The first kappa shape index (κ1) is 10.8. The van der Waals surface area contributed by atoms with E-state index in [4.69, 9.17) is 0 Å². The van der Waals surface area contributed by atoms with Crippen LogP contribution in [0.2, 0.25) is 0 Å². The molecule has 13 heavy (non-hydrogen) atoms. The minimum atomic E-state index is 0.616. The summed E-state index contributed by atoms with van der Waals surface area (Å²) in [5.74, 6) is 0.915. The Labute approximate surface area is 82.6 Å². The molecule has 0 spiro atoms. The van der Waals surface area contributed by atoms with Gasteiger partial charge in [0.05, 0.1) is 0 Å². The lowest BCUT2D eigenvalue weighted by Gasteiger charge is -2.13. The van der Waals surface area contributed by atoms with Gasteiger partial charge in [-0.2, -0.15) is 0 Å². The molecule has 76 valence electrons. The van der Waals surface area contributed by atoms with Gasteiger partial charge in [0.15, 0.2) is 0 Å². The molecule has 0 aliphatic heterocycles. The maximum atomic E-state index is 3.74. The lowest BCUT2D eigenvalue weighted by Crippen LogP contribution is -2.28. The average molecular weight is 181 g/mol. The molecule has 1 saturated carbocycles. The summed E-state index contributed by atoms with van der Waals surface area (Å²) < 4.78 is 0. The van der Waals surface area contributed by atoms with Crippen molar-refractivity contribution >= 4 is 0 Å². The van der Waals surface area contributed by atoms with Gasteiger partial charge in [-0.05, 0) is 44.1 Å². The zero-order valence-corrected chi connectivity index (χ0v) is 9.27. The van der Waals surface area contributed by atoms with E-state index >= 15 is 0 Å².